The molecule has 0 spiro atoms. The molecule has 1 aliphatic rings. The van der Waals surface area contributed by atoms with E-state index in [2.05, 4.69) is 31.2 Å². The van der Waals surface area contributed by atoms with E-state index in [1.807, 2.05) is 17.9 Å². The number of aryl methyl sites for hydroxylation is 1. The largest absolute Gasteiger partial charge is 0.324 e. The van der Waals surface area contributed by atoms with Crippen LogP contribution in [0.15, 0.2) is 24.0 Å². The topological polar surface area (TPSA) is 43.8 Å². The van der Waals surface area contributed by atoms with Crippen LogP contribution in [0.4, 0.5) is 0 Å². The molecule has 0 amide bonds. The molecule has 1 aromatic rings. The zero-order valence-corrected chi connectivity index (χ0v) is 10.4. The zero-order chi connectivity index (χ0) is 11.8. The Morgan fingerprint density at radius 2 is 2.31 bits per heavy atom. The molecule has 0 bridgehead atoms. The van der Waals surface area contributed by atoms with Gasteiger partial charge in [-0.05, 0) is 30.2 Å². The highest BCUT2D eigenvalue weighted by atomic mass is 15.2. The number of hydrogen-bond donors (Lipinski definition) is 1. The summed E-state index contributed by atoms with van der Waals surface area (Å²) < 4.78 is 1.85. The molecule has 2 N–H and O–H groups in total. The molecule has 0 saturated heterocycles. The highest BCUT2D eigenvalue weighted by molar-refractivity contribution is 5.21. The molecule has 88 valence electrons. The molecule has 0 radical (unpaired) electrons. The second-order valence-electron chi connectivity index (χ2n) is 5.73. The highest BCUT2D eigenvalue weighted by Gasteiger charge is 2.26. The Morgan fingerprint density at radius 1 is 1.56 bits per heavy atom. The highest BCUT2D eigenvalue weighted by Crippen LogP contribution is 2.35. The van der Waals surface area contributed by atoms with Crippen LogP contribution < -0.4 is 5.73 Å². The van der Waals surface area contributed by atoms with E-state index in [1.165, 1.54) is 11.1 Å². The molecule has 1 aromatic heterocycles. The smallest absolute Gasteiger partial charge is 0.0524 e. The van der Waals surface area contributed by atoms with Crippen LogP contribution in [-0.2, 0) is 13.5 Å². The van der Waals surface area contributed by atoms with E-state index in [1.54, 1.807) is 0 Å². The van der Waals surface area contributed by atoms with Crippen LogP contribution >= 0.6 is 0 Å². The molecule has 0 saturated carbocycles. The Morgan fingerprint density at radius 3 is 2.88 bits per heavy atom. The number of aromatic nitrogens is 2. The summed E-state index contributed by atoms with van der Waals surface area (Å²) in [6.45, 7) is 4.59. The summed E-state index contributed by atoms with van der Waals surface area (Å²) in [7, 11) is 1.95. The van der Waals surface area contributed by atoms with Gasteiger partial charge in [-0.25, -0.2) is 0 Å². The standard InChI is InChI=1S/C13H21N3/c1-13(2)6-10(5-12(14)7-13)4-11-8-15-16(3)9-11/h5,8-9,12H,4,6-7,14H2,1-3H3. The van der Waals surface area contributed by atoms with Gasteiger partial charge in [-0.3, -0.25) is 4.68 Å². The number of hydrogen-bond acceptors (Lipinski definition) is 2. The molecule has 3 nitrogen and oxygen atoms in total. The average Bonchev–Trinajstić information content (AvgIpc) is 2.46. The Kier molecular flexibility index (Phi) is 2.89. The van der Waals surface area contributed by atoms with Crippen LogP contribution in [0.1, 0.15) is 32.3 Å². The lowest BCUT2D eigenvalue weighted by molar-refractivity contribution is 0.299. The van der Waals surface area contributed by atoms with Crippen LogP contribution in [-0.4, -0.2) is 15.8 Å². The van der Waals surface area contributed by atoms with Gasteiger partial charge < -0.3 is 5.73 Å². The maximum absolute atomic E-state index is 6.06. The van der Waals surface area contributed by atoms with Gasteiger partial charge in [0.15, 0.2) is 0 Å². The molecule has 1 aliphatic carbocycles. The van der Waals surface area contributed by atoms with Crippen LogP contribution in [0, 0.1) is 5.41 Å². The SMILES string of the molecule is Cn1cc(CC2=CC(N)CC(C)(C)C2)cn1. The van der Waals surface area contributed by atoms with Crippen molar-refractivity contribution in [1.82, 2.24) is 9.78 Å². The minimum absolute atomic E-state index is 0.218. The first-order valence-corrected chi connectivity index (χ1v) is 5.87. The summed E-state index contributed by atoms with van der Waals surface area (Å²) in [5.74, 6) is 0. The third kappa shape index (κ3) is 2.73. The average molecular weight is 219 g/mol. The van der Waals surface area contributed by atoms with E-state index < -0.39 is 0 Å². The van der Waals surface area contributed by atoms with Crippen LogP contribution in [0.5, 0.6) is 0 Å². The van der Waals surface area contributed by atoms with Crippen molar-refractivity contribution in [1.29, 1.82) is 0 Å². The predicted molar refractivity (Wildman–Crippen MR) is 66.0 cm³/mol. The minimum Gasteiger partial charge on any atom is -0.324 e. The van der Waals surface area contributed by atoms with Gasteiger partial charge >= 0.3 is 0 Å². The molecule has 2 rings (SSSR count). The molecule has 0 fully saturated rings. The molecule has 1 heterocycles. The first-order chi connectivity index (χ1) is 7.44. The van der Waals surface area contributed by atoms with Crippen molar-refractivity contribution >= 4 is 0 Å². The van der Waals surface area contributed by atoms with Crippen molar-refractivity contribution in [2.45, 2.75) is 39.2 Å². The lowest BCUT2D eigenvalue weighted by Gasteiger charge is -2.33. The number of rotatable bonds is 2. The Balaban J connectivity index is 2.10. The summed E-state index contributed by atoms with van der Waals surface area (Å²) in [5, 5.41) is 4.20. The van der Waals surface area contributed by atoms with Crippen molar-refractivity contribution in [3.63, 3.8) is 0 Å². The molecule has 1 unspecified atom stereocenters. The molecule has 1 atom stereocenters. The summed E-state index contributed by atoms with van der Waals surface area (Å²) in [5.41, 5.74) is 9.13. The van der Waals surface area contributed by atoms with E-state index in [0.717, 1.165) is 19.3 Å². The molecule has 3 heteroatoms. The normalized spacial score (nSPS) is 24.2. The van der Waals surface area contributed by atoms with E-state index in [-0.39, 0.29) is 6.04 Å². The number of nitrogens with zero attached hydrogens (tertiary/aromatic N) is 2. The molecule has 16 heavy (non-hydrogen) atoms. The van der Waals surface area contributed by atoms with Crippen LogP contribution in [0.25, 0.3) is 0 Å². The maximum Gasteiger partial charge on any atom is 0.0524 e. The number of allylic oxidation sites excluding steroid dienone is 1. The third-order valence-electron chi connectivity index (χ3n) is 3.13. The second-order valence-corrected chi connectivity index (χ2v) is 5.73. The fraction of sp³-hybridized carbons (Fsp3) is 0.615. The van der Waals surface area contributed by atoms with Crippen molar-refractivity contribution < 1.29 is 0 Å². The first-order valence-electron chi connectivity index (χ1n) is 5.87. The second kappa shape index (κ2) is 4.06. The van der Waals surface area contributed by atoms with Gasteiger partial charge in [0.05, 0.1) is 6.20 Å². The lowest BCUT2D eigenvalue weighted by Crippen LogP contribution is -2.31. The maximum atomic E-state index is 6.06. The van der Waals surface area contributed by atoms with Gasteiger partial charge in [0, 0.05) is 19.3 Å². The zero-order valence-electron chi connectivity index (χ0n) is 10.4. The summed E-state index contributed by atoms with van der Waals surface area (Å²) >= 11 is 0. The van der Waals surface area contributed by atoms with Crippen molar-refractivity contribution in [2.24, 2.45) is 18.2 Å². The van der Waals surface area contributed by atoms with E-state index >= 15 is 0 Å². The molecule has 0 aliphatic heterocycles. The predicted octanol–water partition coefficient (Wildman–Crippen LogP) is 2.04. The summed E-state index contributed by atoms with van der Waals surface area (Å²) in [6.07, 6.45) is 9.48. The Hall–Kier alpha value is -1.09. The first kappa shape index (κ1) is 11.4. The molecular weight excluding hydrogens is 198 g/mol. The summed E-state index contributed by atoms with van der Waals surface area (Å²) in [4.78, 5) is 0. The third-order valence-corrected chi connectivity index (χ3v) is 3.13. The van der Waals surface area contributed by atoms with Gasteiger partial charge in [0.1, 0.15) is 0 Å². The van der Waals surface area contributed by atoms with E-state index in [0.29, 0.717) is 5.41 Å². The van der Waals surface area contributed by atoms with Gasteiger partial charge in [0.2, 0.25) is 0 Å². The van der Waals surface area contributed by atoms with Crippen molar-refractivity contribution in [3.8, 4) is 0 Å². The van der Waals surface area contributed by atoms with Crippen molar-refractivity contribution in [3.05, 3.63) is 29.6 Å². The van der Waals surface area contributed by atoms with Gasteiger partial charge in [-0.2, -0.15) is 5.10 Å². The van der Waals surface area contributed by atoms with Crippen LogP contribution in [0.3, 0.4) is 0 Å². The monoisotopic (exact) mass is 219 g/mol. The van der Waals surface area contributed by atoms with Gasteiger partial charge in [-0.15, -0.1) is 0 Å². The Labute approximate surface area is 97.3 Å². The molecule has 0 aromatic carbocycles. The molecular formula is C13H21N3. The van der Waals surface area contributed by atoms with Gasteiger partial charge in [-0.1, -0.05) is 25.5 Å². The minimum atomic E-state index is 0.218. The van der Waals surface area contributed by atoms with E-state index in [4.69, 9.17) is 5.73 Å². The number of nitrogens with two attached hydrogens (primary N) is 1. The van der Waals surface area contributed by atoms with E-state index in [9.17, 15) is 0 Å². The lowest BCUT2D eigenvalue weighted by atomic mass is 9.74. The fourth-order valence-electron chi connectivity index (χ4n) is 2.69. The quantitative estimate of drug-likeness (QED) is 0.773. The summed E-state index contributed by atoms with van der Waals surface area (Å²) in [6, 6.07) is 0.218. The fourth-order valence-corrected chi connectivity index (χ4v) is 2.69. The van der Waals surface area contributed by atoms with Crippen LogP contribution in [0.2, 0.25) is 0 Å². The Bertz CT molecular complexity index is 401. The van der Waals surface area contributed by atoms with Crippen molar-refractivity contribution in [2.75, 3.05) is 0 Å². The van der Waals surface area contributed by atoms with Gasteiger partial charge in [0.25, 0.3) is 0 Å².